The SMILES string of the molecule is CC1CCCCN1C1CC2(CCC1N)OCCO2. The van der Waals surface area contributed by atoms with E-state index in [4.69, 9.17) is 15.2 Å². The minimum Gasteiger partial charge on any atom is -0.347 e. The Bertz CT molecular complexity index is 292. The average molecular weight is 254 g/mol. The van der Waals surface area contributed by atoms with Crippen LogP contribution in [0.4, 0.5) is 0 Å². The molecule has 0 amide bonds. The van der Waals surface area contributed by atoms with E-state index in [1.165, 1.54) is 25.8 Å². The molecule has 3 fully saturated rings. The van der Waals surface area contributed by atoms with Crippen LogP contribution in [0.2, 0.25) is 0 Å². The maximum Gasteiger partial charge on any atom is 0.170 e. The second kappa shape index (κ2) is 5.08. The predicted octanol–water partition coefficient (Wildman–Crippen LogP) is 1.48. The second-order valence-corrected chi connectivity index (χ2v) is 6.16. The van der Waals surface area contributed by atoms with E-state index in [2.05, 4.69) is 11.8 Å². The lowest BCUT2D eigenvalue weighted by molar-refractivity contribution is -0.194. The van der Waals surface area contributed by atoms with Crippen molar-refractivity contribution in [1.82, 2.24) is 4.90 Å². The molecule has 3 unspecified atom stereocenters. The van der Waals surface area contributed by atoms with Crippen LogP contribution in [0.3, 0.4) is 0 Å². The highest BCUT2D eigenvalue weighted by Gasteiger charge is 2.46. The van der Waals surface area contributed by atoms with Crippen molar-refractivity contribution in [3.05, 3.63) is 0 Å². The fourth-order valence-electron chi connectivity index (χ4n) is 3.89. The number of piperidine rings is 1. The molecule has 0 aromatic heterocycles. The number of likely N-dealkylation sites (tertiary alicyclic amines) is 1. The van der Waals surface area contributed by atoms with Gasteiger partial charge in [-0.3, -0.25) is 4.90 Å². The fourth-order valence-corrected chi connectivity index (χ4v) is 3.89. The van der Waals surface area contributed by atoms with Gasteiger partial charge >= 0.3 is 0 Å². The maximum atomic E-state index is 6.37. The summed E-state index contributed by atoms with van der Waals surface area (Å²) in [7, 11) is 0. The third-order valence-electron chi connectivity index (χ3n) is 4.97. The first-order valence-electron chi connectivity index (χ1n) is 7.49. The number of nitrogens with two attached hydrogens (primary N) is 1. The molecule has 18 heavy (non-hydrogen) atoms. The number of rotatable bonds is 1. The molecular formula is C14H26N2O2. The highest BCUT2D eigenvalue weighted by molar-refractivity contribution is 4.97. The highest BCUT2D eigenvalue weighted by Crippen LogP contribution is 2.38. The van der Waals surface area contributed by atoms with Crippen LogP contribution >= 0.6 is 0 Å². The summed E-state index contributed by atoms with van der Waals surface area (Å²) in [5, 5.41) is 0. The van der Waals surface area contributed by atoms with Crippen molar-refractivity contribution in [1.29, 1.82) is 0 Å². The van der Waals surface area contributed by atoms with E-state index < -0.39 is 0 Å². The van der Waals surface area contributed by atoms with Gasteiger partial charge in [0.05, 0.1) is 13.2 Å². The van der Waals surface area contributed by atoms with Crippen molar-refractivity contribution in [3.8, 4) is 0 Å². The normalized spacial score (nSPS) is 41.3. The lowest BCUT2D eigenvalue weighted by atomic mass is 9.83. The molecule has 0 aromatic rings. The number of ether oxygens (including phenoxy) is 2. The summed E-state index contributed by atoms with van der Waals surface area (Å²) in [4.78, 5) is 2.61. The van der Waals surface area contributed by atoms with E-state index >= 15 is 0 Å². The number of hydrogen-bond acceptors (Lipinski definition) is 4. The van der Waals surface area contributed by atoms with Crippen LogP contribution < -0.4 is 5.73 Å². The van der Waals surface area contributed by atoms with Crippen LogP contribution in [0.25, 0.3) is 0 Å². The van der Waals surface area contributed by atoms with E-state index in [0.29, 0.717) is 12.1 Å². The van der Waals surface area contributed by atoms with Gasteiger partial charge in [0, 0.05) is 31.0 Å². The third-order valence-corrected chi connectivity index (χ3v) is 4.97. The van der Waals surface area contributed by atoms with Gasteiger partial charge in [0.2, 0.25) is 0 Å². The molecule has 2 N–H and O–H groups in total. The molecule has 4 heteroatoms. The van der Waals surface area contributed by atoms with Gasteiger partial charge in [-0.2, -0.15) is 0 Å². The molecule has 2 heterocycles. The summed E-state index contributed by atoms with van der Waals surface area (Å²) >= 11 is 0. The van der Waals surface area contributed by atoms with Crippen molar-refractivity contribution in [2.24, 2.45) is 5.73 Å². The van der Waals surface area contributed by atoms with E-state index in [1.807, 2.05) is 0 Å². The first kappa shape index (κ1) is 12.9. The topological polar surface area (TPSA) is 47.7 Å². The highest BCUT2D eigenvalue weighted by atomic mass is 16.7. The van der Waals surface area contributed by atoms with Crippen molar-refractivity contribution in [3.63, 3.8) is 0 Å². The molecular weight excluding hydrogens is 228 g/mol. The van der Waals surface area contributed by atoms with Gasteiger partial charge in [-0.25, -0.2) is 0 Å². The Hall–Kier alpha value is -0.160. The van der Waals surface area contributed by atoms with E-state index in [1.54, 1.807) is 0 Å². The van der Waals surface area contributed by atoms with Crippen LogP contribution in [0.5, 0.6) is 0 Å². The Morgan fingerprint density at radius 2 is 1.94 bits per heavy atom. The molecule has 1 saturated carbocycles. The zero-order chi connectivity index (χ0) is 12.6. The van der Waals surface area contributed by atoms with E-state index in [9.17, 15) is 0 Å². The van der Waals surface area contributed by atoms with Gasteiger partial charge in [0.1, 0.15) is 0 Å². The molecule has 3 aliphatic rings. The summed E-state index contributed by atoms with van der Waals surface area (Å²) in [5.41, 5.74) is 6.37. The monoisotopic (exact) mass is 254 g/mol. The fraction of sp³-hybridized carbons (Fsp3) is 1.00. The van der Waals surface area contributed by atoms with Crippen molar-refractivity contribution in [2.45, 2.75) is 69.4 Å². The van der Waals surface area contributed by atoms with Crippen LogP contribution in [0, 0.1) is 0 Å². The number of hydrogen-bond donors (Lipinski definition) is 1. The first-order valence-corrected chi connectivity index (χ1v) is 7.49. The Kier molecular flexibility index (Phi) is 3.63. The van der Waals surface area contributed by atoms with Gasteiger partial charge in [0.25, 0.3) is 0 Å². The molecule has 1 aliphatic carbocycles. The molecule has 104 valence electrons. The molecule has 1 spiro atoms. The van der Waals surface area contributed by atoms with Gasteiger partial charge < -0.3 is 15.2 Å². The molecule has 2 aliphatic heterocycles. The van der Waals surface area contributed by atoms with Crippen LogP contribution in [-0.4, -0.2) is 48.6 Å². The quantitative estimate of drug-likeness (QED) is 0.770. The van der Waals surface area contributed by atoms with Gasteiger partial charge in [-0.1, -0.05) is 6.42 Å². The summed E-state index contributed by atoms with van der Waals surface area (Å²) in [5.74, 6) is -0.308. The zero-order valence-corrected chi connectivity index (χ0v) is 11.4. The molecule has 3 rings (SSSR count). The Labute approximate surface area is 110 Å². The summed E-state index contributed by atoms with van der Waals surface area (Å²) in [6.07, 6.45) is 6.91. The van der Waals surface area contributed by atoms with Crippen LogP contribution in [-0.2, 0) is 9.47 Å². The van der Waals surface area contributed by atoms with Crippen LogP contribution in [0.15, 0.2) is 0 Å². The summed E-state index contributed by atoms with van der Waals surface area (Å²) < 4.78 is 11.8. The minimum absolute atomic E-state index is 0.281. The largest absolute Gasteiger partial charge is 0.347 e. The molecule has 0 aromatic carbocycles. The van der Waals surface area contributed by atoms with Crippen molar-refractivity contribution < 1.29 is 9.47 Å². The van der Waals surface area contributed by atoms with Gasteiger partial charge in [-0.05, 0) is 32.7 Å². The molecule has 0 radical (unpaired) electrons. The van der Waals surface area contributed by atoms with E-state index in [0.717, 1.165) is 32.5 Å². The summed E-state index contributed by atoms with van der Waals surface area (Å²) in [6.45, 7) is 5.02. The molecule has 0 bridgehead atoms. The van der Waals surface area contributed by atoms with Crippen molar-refractivity contribution >= 4 is 0 Å². The number of nitrogens with zero attached hydrogens (tertiary/aromatic N) is 1. The maximum absolute atomic E-state index is 6.37. The van der Waals surface area contributed by atoms with Gasteiger partial charge in [0.15, 0.2) is 5.79 Å². The third kappa shape index (κ3) is 2.31. The minimum atomic E-state index is -0.308. The molecule has 2 saturated heterocycles. The zero-order valence-electron chi connectivity index (χ0n) is 11.4. The van der Waals surface area contributed by atoms with E-state index in [-0.39, 0.29) is 11.8 Å². The molecule has 3 atom stereocenters. The predicted molar refractivity (Wildman–Crippen MR) is 70.3 cm³/mol. The standard InChI is InChI=1S/C14H26N2O2/c1-11-4-2-3-7-16(11)13-10-14(6-5-12(13)15)17-8-9-18-14/h11-13H,2-10,15H2,1H3. The Balaban J connectivity index is 1.72. The second-order valence-electron chi connectivity index (χ2n) is 6.16. The summed E-state index contributed by atoms with van der Waals surface area (Å²) in [6, 6.07) is 1.38. The average Bonchev–Trinajstić information content (AvgIpc) is 2.82. The smallest absolute Gasteiger partial charge is 0.170 e. The first-order chi connectivity index (χ1) is 8.70. The van der Waals surface area contributed by atoms with Crippen LogP contribution in [0.1, 0.15) is 45.4 Å². The Morgan fingerprint density at radius 1 is 1.17 bits per heavy atom. The lowest BCUT2D eigenvalue weighted by Gasteiger charge is -2.48. The lowest BCUT2D eigenvalue weighted by Crippen LogP contribution is -2.59. The van der Waals surface area contributed by atoms with Crippen molar-refractivity contribution in [2.75, 3.05) is 19.8 Å². The Morgan fingerprint density at radius 3 is 2.67 bits per heavy atom. The van der Waals surface area contributed by atoms with Gasteiger partial charge in [-0.15, -0.1) is 0 Å². The molecule has 4 nitrogen and oxygen atoms in total.